The molecule has 2 aromatic rings. The van der Waals surface area contributed by atoms with Gasteiger partial charge in [-0.05, 0) is 25.0 Å². The summed E-state index contributed by atoms with van der Waals surface area (Å²) < 4.78 is 2.52. The molecule has 0 radical (unpaired) electrons. The van der Waals surface area contributed by atoms with E-state index in [4.69, 9.17) is 0 Å². The minimum atomic E-state index is 0.564. The van der Waals surface area contributed by atoms with Crippen molar-refractivity contribution in [1.29, 1.82) is 0 Å². The first-order valence-corrected chi connectivity index (χ1v) is 6.13. The van der Waals surface area contributed by atoms with Crippen LogP contribution >= 0.6 is 0 Å². The summed E-state index contributed by atoms with van der Waals surface area (Å²) >= 11 is 0. The van der Waals surface area contributed by atoms with Gasteiger partial charge in [-0.25, -0.2) is 0 Å². The number of rotatable bonds is 1. The largest absolute Gasteiger partial charge is 0.339 e. The van der Waals surface area contributed by atoms with Gasteiger partial charge in [-0.2, -0.15) is 0 Å². The van der Waals surface area contributed by atoms with Crippen LogP contribution in [0.5, 0.6) is 0 Å². The van der Waals surface area contributed by atoms with Crippen molar-refractivity contribution in [3.63, 3.8) is 0 Å². The Labute approximate surface area is 96.3 Å². The molecule has 0 amide bonds. The number of benzene rings is 1. The van der Waals surface area contributed by atoms with Crippen molar-refractivity contribution in [1.82, 2.24) is 9.88 Å². The van der Waals surface area contributed by atoms with E-state index in [1.807, 2.05) is 0 Å². The third kappa shape index (κ3) is 1.30. The first-order valence-electron chi connectivity index (χ1n) is 6.13. The van der Waals surface area contributed by atoms with Gasteiger partial charge in [0.15, 0.2) is 0 Å². The molecule has 3 rings (SSSR count). The highest BCUT2D eigenvalue weighted by Gasteiger charge is 2.19. The van der Waals surface area contributed by atoms with Gasteiger partial charge >= 0.3 is 0 Å². The minimum Gasteiger partial charge on any atom is -0.339 e. The Morgan fingerprint density at radius 2 is 2.31 bits per heavy atom. The van der Waals surface area contributed by atoms with Crippen LogP contribution in [0.15, 0.2) is 24.3 Å². The fourth-order valence-electron chi connectivity index (χ4n) is 2.84. The van der Waals surface area contributed by atoms with E-state index >= 15 is 0 Å². The van der Waals surface area contributed by atoms with Crippen LogP contribution in [-0.4, -0.2) is 11.1 Å². The van der Waals surface area contributed by atoms with Gasteiger partial charge in [0.2, 0.25) is 0 Å². The van der Waals surface area contributed by atoms with Crippen LogP contribution in [-0.2, 0) is 13.0 Å². The van der Waals surface area contributed by atoms with Crippen LogP contribution in [0.1, 0.15) is 31.1 Å². The van der Waals surface area contributed by atoms with E-state index in [0.717, 1.165) is 19.5 Å². The second-order valence-corrected chi connectivity index (χ2v) is 4.69. The van der Waals surface area contributed by atoms with Gasteiger partial charge in [-0.15, -0.1) is 0 Å². The van der Waals surface area contributed by atoms with Gasteiger partial charge in [0.25, 0.3) is 0 Å². The van der Waals surface area contributed by atoms with Gasteiger partial charge in [0.05, 0.1) is 5.52 Å². The van der Waals surface area contributed by atoms with E-state index in [1.54, 1.807) is 0 Å². The number of aryl methyl sites for hydroxylation is 1. The van der Waals surface area contributed by atoms with Crippen LogP contribution in [0.3, 0.4) is 0 Å². The number of nitrogens with one attached hydrogen (secondary N) is 1. The number of nitrogens with zero attached hydrogens (tertiary/aromatic N) is 1. The van der Waals surface area contributed by atoms with Crippen molar-refractivity contribution in [2.75, 3.05) is 6.54 Å². The summed E-state index contributed by atoms with van der Waals surface area (Å²) in [6, 6.07) is 9.55. The van der Waals surface area contributed by atoms with E-state index in [0.29, 0.717) is 6.04 Å². The van der Waals surface area contributed by atoms with Crippen molar-refractivity contribution in [2.45, 2.75) is 32.9 Å². The van der Waals surface area contributed by atoms with Crippen molar-refractivity contribution >= 4 is 10.9 Å². The van der Waals surface area contributed by atoms with Crippen molar-refractivity contribution in [3.05, 3.63) is 35.5 Å². The normalized spacial score (nSPS) is 20.0. The number of fused-ring (bicyclic) bond motifs is 3. The molecule has 2 heteroatoms. The van der Waals surface area contributed by atoms with E-state index in [-0.39, 0.29) is 0 Å². The maximum Gasteiger partial charge on any atom is 0.0518 e. The molecule has 1 atom stereocenters. The fraction of sp³-hybridized carbons (Fsp3) is 0.429. The number of hydrogen-bond acceptors (Lipinski definition) is 1. The molecule has 1 unspecified atom stereocenters. The second-order valence-electron chi connectivity index (χ2n) is 4.69. The van der Waals surface area contributed by atoms with Gasteiger partial charge in [-0.3, -0.25) is 0 Å². The Morgan fingerprint density at radius 1 is 1.44 bits per heavy atom. The third-order valence-corrected chi connectivity index (χ3v) is 3.59. The van der Waals surface area contributed by atoms with Crippen LogP contribution < -0.4 is 5.32 Å². The summed E-state index contributed by atoms with van der Waals surface area (Å²) in [5.74, 6) is 0. The van der Waals surface area contributed by atoms with Gasteiger partial charge in [0.1, 0.15) is 0 Å². The van der Waals surface area contributed by atoms with Crippen molar-refractivity contribution < 1.29 is 0 Å². The molecule has 1 aromatic heterocycles. The lowest BCUT2D eigenvalue weighted by Gasteiger charge is -2.25. The summed E-state index contributed by atoms with van der Waals surface area (Å²) in [5.41, 5.74) is 4.35. The predicted molar refractivity (Wildman–Crippen MR) is 67.7 cm³/mol. The molecular formula is C14H18N2. The zero-order chi connectivity index (χ0) is 11.1. The molecule has 0 fully saturated rings. The SMILES string of the molecule is CCc1cccc2cc3n(c12)C(C)CNC3. The van der Waals surface area contributed by atoms with E-state index in [1.165, 1.54) is 22.2 Å². The predicted octanol–water partition coefficient (Wildman–Crippen LogP) is 2.87. The van der Waals surface area contributed by atoms with Gasteiger partial charge < -0.3 is 9.88 Å². The average Bonchev–Trinajstić information content (AvgIpc) is 2.68. The van der Waals surface area contributed by atoms with Gasteiger partial charge in [0, 0.05) is 30.2 Å². The number of hydrogen-bond donors (Lipinski definition) is 1. The maximum atomic E-state index is 3.47. The lowest BCUT2D eigenvalue weighted by molar-refractivity contribution is 0.439. The smallest absolute Gasteiger partial charge is 0.0518 e. The molecule has 2 heterocycles. The second kappa shape index (κ2) is 3.63. The Hall–Kier alpha value is -1.28. The van der Waals surface area contributed by atoms with E-state index in [2.05, 4.69) is 48.0 Å². The lowest BCUT2D eigenvalue weighted by Crippen LogP contribution is -2.31. The fourth-order valence-corrected chi connectivity index (χ4v) is 2.84. The topological polar surface area (TPSA) is 17.0 Å². The first kappa shape index (κ1) is 9.91. The van der Waals surface area contributed by atoms with E-state index in [9.17, 15) is 0 Å². The molecule has 0 saturated carbocycles. The highest BCUT2D eigenvalue weighted by Crippen LogP contribution is 2.29. The standard InChI is InChI=1S/C14H18N2/c1-3-11-5-4-6-12-7-13-9-15-8-10(2)16(13)14(11)12/h4-7,10,15H,3,8-9H2,1-2H3. The highest BCUT2D eigenvalue weighted by atomic mass is 15.1. The lowest BCUT2D eigenvalue weighted by atomic mass is 10.1. The molecule has 0 aliphatic carbocycles. The summed E-state index contributed by atoms with van der Waals surface area (Å²) in [6.45, 7) is 6.61. The molecule has 2 nitrogen and oxygen atoms in total. The minimum absolute atomic E-state index is 0.564. The molecule has 1 aliphatic rings. The summed E-state index contributed by atoms with van der Waals surface area (Å²) in [7, 11) is 0. The molecule has 84 valence electrons. The van der Waals surface area contributed by atoms with Gasteiger partial charge in [-0.1, -0.05) is 25.1 Å². The van der Waals surface area contributed by atoms with Crippen LogP contribution in [0.25, 0.3) is 10.9 Å². The van der Waals surface area contributed by atoms with Crippen molar-refractivity contribution in [2.24, 2.45) is 0 Å². The Kier molecular flexibility index (Phi) is 2.25. The Bertz CT molecular complexity index is 525. The summed E-state index contributed by atoms with van der Waals surface area (Å²) in [6.07, 6.45) is 1.11. The molecule has 0 spiro atoms. The third-order valence-electron chi connectivity index (χ3n) is 3.59. The van der Waals surface area contributed by atoms with Crippen molar-refractivity contribution in [3.8, 4) is 0 Å². The Balaban J connectivity index is 2.35. The zero-order valence-electron chi connectivity index (χ0n) is 9.96. The molecule has 0 saturated heterocycles. The monoisotopic (exact) mass is 214 g/mol. The van der Waals surface area contributed by atoms with E-state index < -0.39 is 0 Å². The summed E-state index contributed by atoms with van der Waals surface area (Å²) in [5, 5.41) is 4.86. The number of aromatic nitrogens is 1. The molecule has 0 bridgehead atoms. The highest BCUT2D eigenvalue weighted by molar-refractivity contribution is 5.84. The first-order chi connectivity index (χ1) is 7.81. The molecule has 1 aromatic carbocycles. The Morgan fingerprint density at radius 3 is 3.12 bits per heavy atom. The molecule has 16 heavy (non-hydrogen) atoms. The number of para-hydroxylation sites is 1. The quantitative estimate of drug-likeness (QED) is 0.772. The summed E-state index contributed by atoms with van der Waals surface area (Å²) in [4.78, 5) is 0. The van der Waals surface area contributed by atoms with Crippen LogP contribution in [0.2, 0.25) is 0 Å². The maximum absolute atomic E-state index is 3.47. The molecule has 1 N–H and O–H groups in total. The van der Waals surface area contributed by atoms with Crippen LogP contribution in [0, 0.1) is 0 Å². The molecular weight excluding hydrogens is 196 g/mol. The molecule has 1 aliphatic heterocycles. The van der Waals surface area contributed by atoms with Crippen LogP contribution in [0.4, 0.5) is 0 Å². The average molecular weight is 214 g/mol. The zero-order valence-corrected chi connectivity index (χ0v) is 9.96.